The van der Waals surface area contributed by atoms with Crippen molar-refractivity contribution in [3.63, 3.8) is 0 Å². The fraction of sp³-hybridized carbons (Fsp3) is 0.533. The molecule has 1 atom stereocenters. The summed E-state index contributed by atoms with van der Waals surface area (Å²) in [5.74, 6) is -0.613. The normalized spacial score (nSPS) is 14.3. The van der Waals surface area contributed by atoms with E-state index in [1.807, 2.05) is 0 Å². The van der Waals surface area contributed by atoms with E-state index in [1.54, 1.807) is 20.8 Å². The number of hydrogen-bond acceptors (Lipinski definition) is 3. The Morgan fingerprint density at radius 2 is 1.79 bits per heavy atom. The Hall–Kier alpha value is -1.77. The van der Waals surface area contributed by atoms with Crippen molar-refractivity contribution in [2.45, 2.75) is 38.5 Å². The van der Waals surface area contributed by atoms with Crippen molar-refractivity contribution in [3.8, 4) is 0 Å². The molecule has 9 heteroatoms. The first-order chi connectivity index (χ1) is 10.6. The smallest absolute Gasteiger partial charge is 0.416 e. The van der Waals surface area contributed by atoms with Gasteiger partial charge in [0.1, 0.15) is 9.84 Å². The van der Waals surface area contributed by atoms with Gasteiger partial charge in [0.2, 0.25) is 0 Å². The second-order valence-electron chi connectivity index (χ2n) is 6.55. The van der Waals surface area contributed by atoms with Crippen molar-refractivity contribution in [3.05, 3.63) is 35.4 Å². The van der Waals surface area contributed by atoms with Crippen LogP contribution in [-0.2, 0) is 16.0 Å². The van der Waals surface area contributed by atoms with Gasteiger partial charge in [0.25, 0.3) is 0 Å². The topological polar surface area (TPSA) is 74.7 Å². The number of hydrogen-bond donors (Lipinski definition) is 1. The number of benzene rings is 1. The summed E-state index contributed by atoms with van der Waals surface area (Å²) in [4.78, 5) is 12.5. The highest BCUT2D eigenvalue weighted by Crippen LogP contribution is 2.34. The largest absolute Gasteiger partial charge is 0.465 e. The molecule has 0 bridgehead atoms. The summed E-state index contributed by atoms with van der Waals surface area (Å²) >= 11 is 0. The Balaban J connectivity index is 3.52. The fourth-order valence-electron chi connectivity index (χ4n) is 2.42. The molecular weight excluding hydrogens is 347 g/mol. The van der Waals surface area contributed by atoms with Crippen LogP contribution in [0.5, 0.6) is 0 Å². The Labute approximate surface area is 139 Å². The molecule has 5 nitrogen and oxygen atoms in total. The van der Waals surface area contributed by atoms with Gasteiger partial charge in [-0.15, -0.1) is 0 Å². The number of nitrogens with zero attached hydrogens (tertiary/aromatic N) is 1. The van der Waals surface area contributed by atoms with E-state index in [9.17, 15) is 31.5 Å². The molecule has 1 aromatic rings. The summed E-state index contributed by atoms with van der Waals surface area (Å²) < 4.78 is 62.2. The summed E-state index contributed by atoms with van der Waals surface area (Å²) in [6.45, 7) is 4.64. The zero-order valence-electron chi connectivity index (χ0n) is 13.8. The second kappa shape index (κ2) is 6.62. The third kappa shape index (κ3) is 5.40. The first kappa shape index (κ1) is 20.3. The molecule has 0 saturated carbocycles. The molecule has 0 aliphatic carbocycles. The number of halogens is 3. The van der Waals surface area contributed by atoms with E-state index in [4.69, 9.17) is 0 Å². The molecule has 0 aliphatic rings. The predicted octanol–water partition coefficient (Wildman–Crippen LogP) is 3.57. The molecule has 1 aromatic carbocycles. The lowest BCUT2D eigenvalue weighted by Gasteiger charge is -2.39. The quantitative estimate of drug-likeness (QED) is 0.883. The van der Waals surface area contributed by atoms with Crippen LogP contribution in [0.2, 0.25) is 0 Å². The molecule has 0 fully saturated rings. The van der Waals surface area contributed by atoms with Crippen LogP contribution in [0.25, 0.3) is 0 Å². The Morgan fingerprint density at radius 3 is 2.17 bits per heavy atom. The minimum Gasteiger partial charge on any atom is -0.465 e. The van der Waals surface area contributed by atoms with Crippen LogP contribution in [0.4, 0.5) is 18.0 Å². The predicted molar refractivity (Wildman–Crippen MR) is 83.5 cm³/mol. The summed E-state index contributed by atoms with van der Waals surface area (Å²) in [6, 6.07) is 2.82. The maximum absolute atomic E-state index is 12.9. The number of carboxylic acid groups (broad SMARTS) is 1. The van der Waals surface area contributed by atoms with Crippen LogP contribution in [0, 0.1) is 0 Å². The molecule has 0 saturated heterocycles. The number of sulfone groups is 1. The minimum absolute atomic E-state index is 0.0208. The monoisotopic (exact) mass is 367 g/mol. The number of carbonyl (C=O) groups is 1. The highest BCUT2D eigenvalue weighted by atomic mass is 32.2. The average Bonchev–Trinajstić information content (AvgIpc) is 2.33. The molecule has 1 N–H and O–H groups in total. The van der Waals surface area contributed by atoms with Crippen molar-refractivity contribution in [1.82, 2.24) is 4.90 Å². The van der Waals surface area contributed by atoms with Gasteiger partial charge in [0.05, 0.1) is 17.4 Å². The Bertz CT molecular complexity index is 708. The van der Waals surface area contributed by atoms with Crippen molar-refractivity contribution in [2.24, 2.45) is 0 Å². The maximum Gasteiger partial charge on any atom is 0.416 e. The van der Waals surface area contributed by atoms with E-state index >= 15 is 0 Å². The van der Waals surface area contributed by atoms with Crippen molar-refractivity contribution in [2.75, 3.05) is 12.0 Å². The summed E-state index contributed by atoms with van der Waals surface area (Å²) in [5.41, 5.74) is -1.99. The van der Waals surface area contributed by atoms with Gasteiger partial charge in [-0.1, -0.05) is 12.1 Å². The molecule has 0 aliphatic heterocycles. The summed E-state index contributed by atoms with van der Waals surface area (Å²) in [6.07, 6.45) is -5.11. The Morgan fingerprint density at radius 1 is 1.25 bits per heavy atom. The zero-order valence-corrected chi connectivity index (χ0v) is 14.6. The number of amides is 1. The molecule has 0 heterocycles. The van der Waals surface area contributed by atoms with E-state index in [0.717, 1.165) is 29.4 Å². The third-order valence-corrected chi connectivity index (χ3v) is 4.22. The van der Waals surface area contributed by atoms with Gasteiger partial charge in [-0.25, -0.2) is 13.2 Å². The van der Waals surface area contributed by atoms with E-state index < -0.39 is 45.0 Å². The van der Waals surface area contributed by atoms with E-state index in [0.29, 0.717) is 0 Å². The SMILES string of the molecule is CC(C)(C)N(C(=O)O)C(CS(C)(=O)=O)c1cccc(C(F)(F)F)c1. The van der Waals surface area contributed by atoms with Crippen molar-refractivity contribution < 1.29 is 31.5 Å². The van der Waals surface area contributed by atoms with Gasteiger partial charge in [-0.3, -0.25) is 4.90 Å². The van der Waals surface area contributed by atoms with Gasteiger partial charge in [-0.2, -0.15) is 13.2 Å². The highest BCUT2D eigenvalue weighted by molar-refractivity contribution is 7.90. The minimum atomic E-state index is -4.61. The molecule has 0 spiro atoms. The van der Waals surface area contributed by atoms with Crippen LogP contribution in [0.3, 0.4) is 0 Å². The molecule has 24 heavy (non-hydrogen) atoms. The van der Waals surface area contributed by atoms with E-state index in [1.165, 1.54) is 6.07 Å². The molecule has 1 amide bonds. The van der Waals surface area contributed by atoms with Crippen molar-refractivity contribution >= 4 is 15.9 Å². The fourth-order valence-corrected chi connectivity index (χ4v) is 3.33. The van der Waals surface area contributed by atoms with E-state index in [2.05, 4.69) is 0 Å². The van der Waals surface area contributed by atoms with Gasteiger partial charge in [0.15, 0.2) is 0 Å². The lowest BCUT2D eigenvalue weighted by molar-refractivity contribution is -0.137. The lowest BCUT2D eigenvalue weighted by atomic mass is 9.98. The van der Waals surface area contributed by atoms with Crippen LogP contribution in [0.1, 0.15) is 37.9 Å². The van der Waals surface area contributed by atoms with Gasteiger partial charge in [0, 0.05) is 11.8 Å². The summed E-state index contributed by atoms with van der Waals surface area (Å²) in [5, 5.41) is 9.48. The van der Waals surface area contributed by atoms with Crippen LogP contribution in [-0.4, -0.2) is 42.1 Å². The first-order valence-electron chi connectivity index (χ1n) is 7.00. The lowest BCUT2D eigenvalue weighted by Crippen LogP contribution is -2.49. The van der Waals surface area contributed by atoms with Crippen LogP contribution in [0.15, 0.2) is 24.3 Å². The molecule has 1 rings (SSSR count). The molecule has 1 unspecified atom stereocenters. The standard InChI is InChI=1S/C15H20F3NO4S/c1-14(2,3)19(13(20)21)12(9-24(4,22)23)10-6-5-7-11(8-10)15(16,17)18/h5-8,12H,9H2,1-4H3,(H,20,21). The second-order valence-corrected chi connectivity index (χ2v) is 8.74. The zero-order chi connectivity index (χ0) is 18.9. The van der Waals surface area contributed by atoms with Gasteiger partial charge in [-0.05, 0) is 38.5 Å². The van der Waals surface area contributed by atoms with Crippen molar-refractivity contribution in [1.29, 1.82) is 0 Å². The van der Waals surface area contributed by atoms with E-state index in [-0.39, 0.29) is 5.56 Å². The van der Waals surface area contributed by atoms with Gasteiger partial charge < -0.3 is 5.11 Å². The number of rotatable bonds is 4. The van der Waals surface area contributed by atoms with Crippen LogP contribution >= 0.6 is 0 Å². The number of alkyl halides is 3. The maximum atomic E-state index is 12.9. The average molecular weight is 367 g/mol. The molecule has 0 aromatic heterocycles. The molecule has 0 radical (unpaired) electrons. The molecular formula is C15H20F3NO4S. The Kier molecular flexibility index (Phi) is 5.59. The molecule has 136 valence electrons. The first-order valence-corrected chi connectivity index (χ1v) is 9.06. The highest BCUT2D eigenvalue weighted by Gasteiger charge is 2.37. The summed E-state index contributed by atoms with van der Waals surface area (Å²) in [7, 11) is -3.64. The van der Waals surface area contributed by atoms with Gasteiger partial charge >= 0.3 is 12.3 Å². The third-order valence-electron chi connectivity index (χ3n) is 3.30. The van der Waals surface area contributed by atoms with Crippen LogP contribution < -0.4 is 0 Å².